The van der Waals surface area contributed by atoms with Crippen molar-refractivity contribution in [1.29, 1.82) is 0 Å². The van der Waals surface area contributed by atoms with E-state index in [4.69, 9.17) is 14.2 Å². The van der Waals surface area contributed by atoms with Gasteiger partial charge in [0.05, 0.1) is 12.7 Å². The molecule has 2 aromatic rings. The summed E-state index contributed by atoms with van der Waals surface area (Å²) in [6.07, 6.45) is 4.79. The molecule has 0 spiro atoms. The van der Waals surface area contributed by atoms with Crippen LogP contribution in [0.2, 0.25) is 0 Å². The van der Waals surface area contributed by atoms with Crippen LogP contribution in [0.15, 0.2) is 47.6 Å². The minimum Gasteiger partial charge on any atom is -0.504 e. The van der Waals surface area contributed by atoms with Gasteiger partial charge in [-0.15, -0.1) is 4.91 Å². The van der Waals surface area contributed by atoms with E-state index < -0.39 is 6.16 Å². The van der Waals surface area contributed by atoms with E-state index in [1.807, 2.05) is 0 Å². The first kappa shape index (κ1) is 24.0. The minimum absolute atomic E-state index is 0.107. The summed E-state index contributed by atoms with van der Waals surface area (Å²) in [4.78, 5) is 25.0. The standard InChI is InChI=1S/C25H30N2O7/c28-22-10-5-17(15-23(22)29)12-14-32-24-4-2-1-3-21(24)27-13-11-20(16-27)34-25(30)33-19-8-6-18(26-31)7-9-19/h5-10,15,20-21,24,28-29H,1-4,11-14,16H2/t20-,21-,24-/m1/s1. The van der Waals surface area contributed by atoms with Crippen molar-refractivity contribution in [2.24, 2.45) is 5.18 Å². The van der Waals surface area contributed by atoms with E-state index in [0.29, 0.717) is 25.3 Å². The Balaban J connectivity index is 1.24. The Morgan fingerprint density at radius 1 is 1.03 bits per heavy atom. The number of benzene rings is 2. The van der Waals surface area contributed by atoms with Gasteiger partial charge in [0.15, 0.2) is 11.5 Å². The van der Waals surface area contributed by atoms with Crippen LogP contribution in [0.3, 0.4) is 0 Å². The van der Waals surface area contributed by atoms with Crippen LogP contribution in [-0.2, 0) is 15.9 Å². The molecule has 2 N–H and O–H groups in total. The fraction of sp³-hybridized carbons (Fsp3) is 0.480. The van der Waals surface area contributed by atoms with Crippen molar-refractivity contribution in [3.05, 3.63) is 52.9 Å². The number of carbonyl (C=O) groups is 1. The van der Waals surface area contributed by atoms with Crippen molar-refractivity contribution in [2.45, 2.75) is 56.8 Å². The number of nitroso groups, excluding NO2 is 1. The molecule has 182 valence electrons. The van der Waals surface area contributed by atoms with E-state index in [-0.39, 0.29) is 35.4 Å². The average molecular weight is 471 g/mol. The summed E-state index contributed by atoms with van der Waals surface area (Å²) in [5.41, 5.74) is 1.17. The highest BCUT2D eigenvalue weighted by atomic mass is 16.7. The van der Waals surface area contributed by atoms with Gasteiger partial charge in [0.25, 0.3) is 0 Å². The third-order valence-corrected chi connectivity index (χ3v) is 6.48. The van der Waals surface area contributed by atoms with Crippen LogP contribution in [0.4, 0.5) is 10.5 Å². The average Bonchev–Trinajstić information content (AvgIpc) is 3.30. The number of likely N-dealkylation sites (tertiary alicyclic amines) is 1. The maximum absolute atomic E-state index is 12.2. The van der Waals surface area contributed by atoms with Crippen molar-refractivity contribution in [1.82, 2.24) is 4.90 Å². The molecule has 0 radical (unpaired) electrons. The zero-order valence-corrected chi connectivity index (χ0v) is 19.0. The van der Waals surface area contributed by atoms with Crippen molar-refractivity contribution in [3.63, 3.8) is 0 Å². The van der Waals surface area contributed by atoms with Crippen LogP contribution in [0.25, 0.3) is 0 Å². The molecular formula is C25H30N2O7. The van der Waals surface area contributed by atoms with E-state index >= 15 is 0 Å². The molecule has 0 aromatic heterocycles. The van der Waals surface area contributed by atoms with Gasteiger partial charge in [0, 0.05) is 19.1 Å². The predicted molar refractivity (Wildman–Crippen MR) is 124 cm³/mol. The Bertz CT molecular complexity index is 982. The molecule has 1 aliphatic carbocycles. The summed E-state index contributed by atoms with van der Waals surface area (Å²) in [6, 6.07) is 11.1. The second-order valence-electron chi connectivity index (χ2n) is 8.79. The molecule has 1 saturated carbocycles. The van der Waals surface area contributed by atoms with Gasteiger partial charge in [-0.1, -0.05) is 18.9 Å². The molecule has 0 unspecified atom stereocenters. The number of hydrogen-bond acceptors (Lipinski definition) is 9. The van der Waals surface area contributed by atoms with E-state index in [1.54, 1.807) is 12.1 Å². The monoisotopic (exact) mass is 470 g/mol. The highest BCUT2D eigenvalue weighted by Gasteiger charge is 2.36. The summed E-state index contributed by atoms with van der Waals surface area (Å²) in [5.74, 6) is 0.0550. The van der Waals surface area contributed by atoms with Gasteiger partial charge in [-0.05, 0) is 72.8 Å². The lowest BCUT2D eigenvalue weighted by atomic mass is 9.91. The topological polar surface area (TPSA) is 118 Å². The fourth-order valence-corrected chi connectivity index (χ4v) is 4.72. The number of aromatic hydroxyl groups is 2. The van der Waals surface area contributed by atoms with Crippen molar-refractivity contribution in [3.8, 4) is 17.2 Å². The van der Waals surface area contributed by atoms with Crippen LogP contribution in [0, 0.1) is 4.91 Å². The van der Waals surface area contributed by atoms with E-state index in [2.05, 4.69) is 10.1 Å². The van der Waals surface area contributed by atoms with Crippen LogP contribution < -0.4 is 4.74 Å². The number of phenolic OH excluding ortho intramolecular Hbond substituents is 2. The number of rotatable bonds is 8. The molecule has 3 atom stereocenters. The van der Waals surface area contributed by atoms with Crippen LogP contribution in [0.5, 0.6) is 17.2 Å². The van der Waals surface area contributed by atoms with Gasteiger partial charge in [-0.25, -0.2) is 4.79 Å². The van der Waals surface area contributed by atoms with Crippen molar-refractivity contribution in [2.75, 3.05) is 19.7 Å². The molecule has 2 aromatic carbocycles. The lowest BCUT2D eigenvalue weighted by Crippen LogP contribution is -2.46. The third-order valence-electron chi connectivity index (χ3n) is 6.48. The Kier molecular flexibility index (Phi) is 7.97. The van der Waals surface area contributed by atoms with Crippen LogP contribution >= 0.6 is 0 Å². The maximum Gasteiger partial charge on any atom is 0.514 e. The molecule has 2 aliphatic rings. The Morgan fingerprint density at radius 3 is 2.59 bits per heavy atom. The van der Waals surface area contributed by atoms with Crippen molar-refractivity contribution >= 4 is 11.8 Å². The molecule has 2 fully saturated rings. The van der Waals surface area contributed by atoms with Gasteiger partial charge in [0.1, 0.15) is 17.5 Å². The first-order valence-corrected chi connectivity index (χ1v) is 11.7. The SMILES string of the molecule is O=Nc1ccc(OC(=O)O[C@@H]2CCN([C@@H]3CCCC[C@H]3OCCc3ccc(O)c(O)c3)C2)cc1. The molecule has 1 aliphatic heterocycles. The summed E-state index contributed by atoms with van der Waals surface area (Å²) in [6.45, 7) is 2.00. The predicted octanol–water partition coefficient (Wildman–Crippen LogP) is 4.66. The number of nitrogens with zero attached hydrogens (tertiary/aromatic N) is 2. The van der Waals surface area contributed by atoms with E-state index in [1.165, 1.54) is 30.3 Å². The maximum atomic E-state index is 12.2. The van der Waals surface area contributed by atoms with Gasteiger partial charge < -0.3 is 24.4 Å². The summed E-state index contributed by atoms with van der Waals surface area (Å²) in [5, 5.41) is 21.9. The lowest BCUT2D eigenvalue weighted by Gasteiger charge is -2.37. The highest BCUT2D eigenvalue weighted by Crippen LogP contribution is 2.30. The Labute approximate surface area is 198 Å². The Hall–Kier alpha value is -3.17. The van der Waals surface area contributed by atoms with Gasteiger partial charge in [-0.3, -0.25) is 4.90 Å². The summed E-state index contributed by atoms with van der Waals surface area (Å²) >= 11 is 0. The third kappa shape index (κ3) is 6.24. The summed E-state index contributed by atoms with van der Waals surface area (Å²) in [7, 11) is 0. The van der Waals surface area contributed by atoms with Gasteiger partial charge in [0.2, 0.25) is 0 Å². The molecule has 0 bridgehead atoms. The second-order valence-corrected chi connectivity index (χ2v) is 8.79. The molecule has 4 rings (SSSR count). The quantitative estimate of drug-likeness (QED) is 0.248. The molecule has 0 amide bonds. The molecule has 1 heterocycles. The number of carbonyl (C=O) groups excluding carboxylic acids is 1. The molecule has 34 heavy (non-hydrogen) atoms. The molecule has 9 heteroatoms. The first-order chi connectivity index (χ1) is 16.5. The lowest BCUT2D eigenvalue weighted by molar-refractivity contribution is -0.0327. The van der Waals surface area contributed by atoms with Crippen molar-refractivity contribution < 1.29 is 29.2 Å². The van der Waals surface area contributed by atoms with E-state index in [9.17, 15) is 19.9 Å². The highest BCUT2D eigenvalue weighted by molar-refractivity contribution is 5.64. The number of phenols is 2. The van der Waals surface area contributed by atoms with Gasteiger partial charge in [-0.2, -0.15) is 0 Å². The molecule has 1 saturated heterocycles. The fourth-order valence-electron chi connectivity index (χ4n) is 4.72. The minimum atomic E-state index is -0.757. The zero-order valence-electron chi connectivity index (χ0n) is 19.0. The summed E-state index contributed by atoms with van der Waals surface area (Å²) < 4.78 is 17.0. The number of hydrogen-bond donors (Lipinski definition) is 2. The molecular weight excluding hydrogens is 440 g/mol. The van der Waals surface area contributed by atoms with Crippen LogP contribution in [0.1, 0.15) is 37.7 Å². The van der Waals surface area contributed by atoms with Gasteiger partial charge >= 0.3 is 6.16 Å². The normalized spacial score (nSPS) is 22.9. The largest absolute Gasteiger partial charge is 0.514 e. The van der Waals surface area contributed by atoms with E-state index in [0.717, 1.165) is 44.2 Å². The first-order valence-electron chi connectivity index (χ1n) is 11.7. The Morgan fingerprint density at radius 2 is 1.82 bits per heavy atom. The number of ether oxygens (including phenoxy) is 3. The molecule has 9 nitrogen and oxygen atoms in total. The smallest absolute Gasteiger partial charge is 0.504 e. The van der Waals surface area contributed by atoms with Crippen LogP contribution in [-0.4, -0.2) is 59.2 Å². The second kappa shape index (κ2) is 11.3. The zero-order chi connectivity index (χ0) is 23.9.